The van der Waals surface area contributed by atoms with Gasteiger partial charge in [-0.25, -0.2) is 9.37 Å². The molecule has 4 rings (SSSR count). The minimum absolute atomic E-state index is 0.123. The summed E-state index contributed by atoms with van der Waals surface area (Å²) in [6, 6.07) is 11.9. The van der Waals surface area contributed by atoms with Gasteiger partial charge in [0.15, 0.2) is 0 Å². The van der Waals surface area contributed by atoms with Crippen molar-refractivity contribution in [1.82, 2.24) is 14.5 Å². The Kier molecular flexibility index (Phi) is 3.72. The fourth-order valence-corrected chi connectivity index (χ4v) is 2.96. The lowest BCUT2D eigenvalue weighted by Crippen LogP contribution is -2.21. The van der Waals surface area contributed by atoms with Crippen molar-refractivity contribution in [2.24, 2.45) is 0 Å². The van der Waals surface area contributed by atoms with Gasteiger partial charge in [0.2, 0.25) is 0 Å². The summed E-state index contributed by atoms with van der Waals surface area (Å²) in [5.41, 5.74) is 2.79. The number of hydrogen-bond acceptors (Lipinski definition) is 3. The molecule has 0 bridgehead atoms. The average molecular weight is 337 g/mol. The number of fused-ring (bicyclic) bond motifs is 3. The van der Waals surface area contributed by atoms with E-state index in [1.807, 2.05) is 18.2 Å². The number of aromatic amines is 1. The van der Waals surface area contributed by atoms with Gasteiger partial charge in [0.05, 0.1) is 19.0 Å². The third-order valence-corrected chi connectivity index (χ3v) is 4.33. The smallest absolute Gasteiger partial charge is 0.277 e. The maximum Gasteiger partial charge on any atom is 0.277 e. The Hall–Kier alpha value is -3.15. The van der Waals surface area contributed by atoms with Crippen LogP contribution in [-0.2, 0) is 13.0 Å². The van der Waals surface area contributed by atoms with Gasteiger partial charge in [-0.15, -0.1) is 0 Å². The maximum atomic E-state index is 13.0. The maximum absolute atomic E-state index is 13.0. The average Bonchev–Trinajstić information content (AvgIpc) is 3.01. The highest BCUT2D eigenvalue weighted by Gasteiger charge is 2.11. The molecule has 2 heterocycles. The molecule has 0 amide bonds. The molecule has 2 aromatic carbocycles. The van der Waals surface area contributed by atoms with Crippen molar-refractivity contribution >= 4 is 21.9 Å². The Balaban J connectivity index is 1.70. The Bertz CT molecular complexity index is 1110. The lowest BCUT2D eigenvalue weighted by atomic mass is 10.1. The van der Waals surface area contributed by atoms with Crippen LogP contribution in [0.2, 0.25) is 0 Å². The Morgan fingerprint density at radius 2 is 2.00 bits per heavy atom. The largest absolute Gasteiger partial charge is 0.497 e. The van der Waals surface area contributed by atoms with E-state index < -0.39 is 0 Å². The van der Waals surface area contributed by atoms with Crippen molar-refractivity contribution in [3.05, 3.63) is 70.5 Å². The van der Waals surface area contributed by atoms with Crippen LogP contribution in [-0.4, -0.2) is 21.6 Å². The highest BCUT2D eigenvalue weighted by Crippen LogP contribution is 2.25. The van der Waals surface area contributed by atoms with Crippen LogP contribution in [0.15, 0.2) is 53.6 Å². The van der Waals surface area contributed by atoms with Crippen LogP contribution in [0.25, 0.3) is 21.9 Å². The molecule has 0 aliphatic carbocycles. The minimum Gasteiger partial charge on any atom is -0.497 e. The number of aryl methyl sites for hydroxylation is 2. The van der Waals surface area contributed by atoms with Crippen LogP contribution < -0.4 is 10.3 Å². The van der Waals surface area contributed by atoms with Gasteiger partial charge < -0.3 is 9.72 Å². The molecule has 0 radical (unpaired) electrons. The zero-order chi connectivity index (χ0) is 17.4. The van der Waals surface area contributed by atoms with Gasteiger partial charge in [-0.1, -0.05) is 12.1 Å². The molecule has 0 atom stereocenters. The third-order valence-electron chi connectivity index (χ3n) is 4.33. The van der Waals surface area contributed by atoms with Gasteiger partial charge in [0.1, 0.15) is 22.6 Å². The summed E-state index contributed by atoms with van der Waals surface area (Å²) in [7, 11) is 1.60. The van der Waals surface area contributed by atoms with E-state index in [0.717, 1.165) is 22.2 Å². The molecule has 126 valence electrons. The summed E-state index contributed by atoms with van der Waals surface area (Å²) < 4.78 is 19.8. The fourth-order valence-electron chi connectivity index (χ4n) is 2.96. The Morgan fingerprint density at radius 1 is 1.20 bits per heavy atom. The summed E-state index contributed by atoms with van der Waals surface area (Å²) in [5.74, 6) is 0.452. The summed E-state index contributed by atoms with van der Waals surface area (Å²) in [4.78, 5) is 20.3. The number of ether oxygens (including phenoxy) is 1. The molecule has 5 nitrogen and oxygen atoms in total. The van der Waals surface area contributed by atoms with E-state index >= 15 is 0 Å². The number of hydrogen-bond donors (Lipinski definition) is 1. The van der Waals surface area contributed by atoms with Crippen molar-refractivity contribution in [1.29, 1.82) is 0 Å². The standard InChI is InChI=1S/C19H16FN3O2/c1-25-14-6-7-15-16(10-14)22-18-17(15)21-11-23(19(18)24)9-8-12-2-4-13(20)5-3-12/h2-7,10-11,22H,8-9H2,1H3. The molecule has 0 aliphatic heterocycles. The SMILES string of the molecule is COc1ccc2c(c1)[nH]c1c(=O)n(CCc3ccc(F)cc3)cnc12. The van der Waals surface area contributed by atoms with Gasteiger partial charge in [0.25, 0.3) is 5.56 Å². The van der Waals surface area contributed by atoms with Crippen molar-refractivity contribution in [2.45, 2.75) is 13.0 Å². The first-order valence-corrected chi connectivity index (χ1v) is 7.95. The topological polar surface area (TPSA) is 59.9 Å². The molecule has 2 aromatic heterocycles. The predicted molar refractivity (Wildman–Crippen MR) is 94.5 cm³/mol. The van der Waals surface area contributed by atoms with Crippen LogP contribution in [0.5, 0.6) is 5.75 Å². The van der Waals surface area contributed by atoms with Crippen molar-refractivity contribution in [3.63, 3.8) is 0 Å². The second-order valence-corrected chi connectivity index (χ2v) is 5.88. The molecule has 0 saturated carbocycles. The van der Waals surface area contributed by atoms with Gasteiger partial charge >= 0.3 is 0 Å². The lowest BCUT2D eigenvalue weighted by molar-refractivity contribution is 0.415. The van der Waals surface area contributed by atoms with Crippen LogP contribution in [0.3, 0.4) is 0 Å². The van der Waals surface area contributed by atoms with Crippen molar-refractivity contribution in [2.75, 3.05) is 7.11 Å². The number of halogens is 1. The van der Waals surface area contributed by atoms with E-state index in [9.17, 15) is 9.18 Å². The zero-order valence-electron chi connectivity index (χ0n) is 13.6. The molecule has 0 saturated heterocycles. The third kappa shape index (κ3) is 2.76. The van der Waals surface area contributed by atoms with Gasteiger partial charge in [-0.3, -0.25) is 9.36 Å². The van der Waals surface area contributed by atoms with Crippen LogP contribution >= 0.6 is 0 Å². The second-order valence-electron chi connectivity index (χ2n) is 5.88. The number of aromatic nitrogens is 3. The number of methoxy groups -OCH3 is 1. The fraction of sp³-hybridized carbons (Fsp3) is 0.158. The van der Waals surface area contributed by atoms with Crippen LogP contribution in [0.4, 0.5) is 4.39 Å². The Labute approximate surface area is 142 Å². The van der Waals surface area contributed by atoms with E-state index in [-0.39, 0.29) is 11.4 Å². The number of rotatable bonds is 4. The first kappa shape index (κ1) is 15.4. The molecule has 0 fully saturated rings. The van der Waals surface area contributed by atoms with Crippen LogP contribution in [0, 0.1) is 5.82 Å². The molecular weight excluding hydrogens is 321 g/mol. The van der Waals surface area contributed by atoms with E-state index in [4.69, 9.17) is 4.74 Å². The summed E-state index contributed by atoms with van der Waals surface area (Å²) in [5, 5.41) is 0.888. The predicted octanol–water partition coefficient (Wildman–Crippen LogP) is 3.27. The molecule has 0 spiro atoms. The van der Waals surface area contributed by atoms with Gasteiger partial charge in [0, 0.05) is 18.0 Å². The van der Waals surface area contributed by atoms with Crippen LogP contribution in [0.1, 0.15) is 5.56 Å². The monoisotopic (exact) mass is 337 g/mol. The molecule has 1 N–H and O–H groups in total. The first-order valence-electron chi connectivity index (χ1n) is 7.95. The normalized spacial score (nSPS) is 11.3. The molecule has 4 aromatic rings. The number of benzene rings is 2. The highest BCUT2D eigenvalue weighted by atomic mass is 19.1. The molecule has 0 unspecified atom stereocenters. The minimum atomic E-state index is -0.266. The van der Waals surface area contributed by atoms with Gasteiger partial charge in [-0.2, -0.15) is 0 Å². The van der Waals surface area contributed by atoms with E-state index in [2.05, 4.69) is 9.97 Å². The molecule has 6 heteroatoms. The van der Waals surface area contributed by atoms with E-state index in [1.165, 1.54) is 12.1 Å². The summed E-state index contributed by atoms with van der Waals surface area (Å²) in [6.07, 6.45) is 2.19. The molecule has 0 aliphatic rings. The second kappa shape index (κ2) is 6.05. The Morgan fingerprint density at radius 3 is 2.76 bits per heavy atom. The first-order chi connectivity index (χ1) is 12.2. The summed E-state index contributed by atoms with van der Waals surface area (Å²) in [6.45, 7) is 0.478. The highest BCUT2D eigenvalue weighted by molar-refractivity contribution is 6.04. The molecule has 25 heavy (non-hydrogen) atoms. The number of nitrogens with one attached hydrogen (secondary N) is 1. The number of H-pyrrole nitrogens is 1. The van der Waals surface area contributed by atoms with Gasteiger partial charge in [-0.05, 0) is 36.2 Å². The summed E-state index contributed by atoms with van der Waals surface area (Å²) >= 11 is 0. The van der Waals surface area contributed by atoms with E-state index in [0.29, 0.717) is 24.0 Å². The zero-order valence-corrected chi connectivity index (χ0v) is 13.6. The lowest BCUT2D eigenvalue weighted by Gasteiger charge is -2.05. The van der Waals surface area contributed by atoms with Crippen molar-refractivity contribution < 1.29 is 9.13 Å². The molecular formula is C19H16FN3O2. The van der Waals surface area contributed by atoms with Crippen molar-refractivity contribution in [3.8, 4) is 5.75 Å². The number of nitrogens with zero attached hydrogens (tertiary/aromatic N) is 2. The quantitative estimate of drug-likeness (QED) is 0.622. The van der Waals surface area contributed by atoms with E-state index in [1.54, 1.807) is 30.1 Å².